The lowest BCUT2D eigenvalue weighted by molar-refractivity contribution is -0.153. The quantitative estimate of drug-likeness (QED) is 0.800. The number of aliphatic carboxylic acids is 1. The highest BCUT2D eigenvalue weighted by molar-refractivity contribution is 5.91. The van der Waals surface area contributed by atoms with E-state index < -0.39 is 12.0 Å². The molecule has 0 spiro atoms. The lowest BCUT2D eigenvalue weighted by Crippen LogP contribution is -2.50. The zero-order valence-corrected chi connectivity index (χ0v) is 14.3. The Morgan fingerprint density at radius 3 is 2.29 bits per heavy atom. The van der Waals surface area contributed by atoms with Crippen LogP contribution in [0.5, 0.6) is 0 Å². The topological polar surface area (TPSA) is 77.9 Å². The van der Waals surface area contributed by atoms with Gasteiger partial charge >= 0.3 is 5.97 Å². The first kappa shape index (κ1) is 17.2. The molecule has 2 atom stereocenters. The van der Waals surface area contributed by atoms with Crippen LogP contribution in [0.1, 0.15) is 64.2 Å². The molecule has 1 aliphatic carbocycles. The number of carboxylic acids is 1. The van der Waals surface area contributed by atoms with Gasteiger partial charge in [0.05, 0.1) is 5.92 Å². The normalized spacial score (nSPS) is 29.6. The molecule has 2 aliphatic heterocycles. The Morgan fingerprint density at radius 1 is 0.958 bits per heavy atom. The van der Waals surface area contributed by atoms with Crippen LogP contribution in [0.4, 0.5) is 0 Å². The molecule has 3 fully saturated rings. The summed E-state index contributed by atoms with van der Waals surface area (Å²) in [4.78, 5) is 40.1. The van der Waals surface area contributed by atoms with Crippen molar-refractivity contribution in [1.29, 1.82) is 0 Å². The summed E-state index contributed by atoms with van der Waals surface area (Å²) >= 11 is 0. The minimum atomic E-state index is -0.923. The van der Waals surface area contributed by atoms with Crippen molar-refractivity contribution < 1.29 is 19.5 Å². The maximum atomic E-state index is 12.8. The molecule has 24 heavy (non-hydrogen) atoms. The van der Waals surface area contributed by atoms with E-state index in [4.69, 9.17) is 0 Å². The number of hydrogen-bond donors (Lipinski definition) is 1. The van der Waals surface area contributed by atoms with Crippen molar-refractivity contribution in [2.45, 2.75) is 76.3 Å². The van der Waals surface area contributed by atoms with Crippen LogP contribution in [0, 0.1) is 5.92 Å². The number of amides is 2. The van der Waals surface area contributed by atoms with Gasteiger partial charge in [-0.05, 0) is 32.1 Å². The van der Waals surface area contributed by atoms with Gasteiger partial charge in [0.1, 0.15) is 6.04 Å². The van der Waals surface area contributed by atoms with Crippen LogP contribution in [0.15, 0.2) is 0 Å². The zero-order chi connectivity index (χ0) is 17.1. The molecule has 2 unspecified atom stereocenters. The summed E-state index contributed by atoms with van der Waals surface area (Å²) < 4.78 is 0. The predicted octanol–water partition coefficient (Wildman–Crippen LogP) is 2.02. The molecule has 1 saturated carbocycles. The molecular weight excluding hydrogens is 308 g/mol. The standard InChI is InChI=1S/C18H28N2O4/c21-16-11-13(12-20(16)14-7-3-1-2-4-8-14)17(22)19-10-6-5-9-15(19)18(23)24/h13-15H,1-12H2,(H,23,24). The van der Waals surface area contributed by atoms with Crippen molar-refractivity contribution in [1.82, 2.24) is 9.80 Å². The maximum Gasteiger partial charge on any atom is 0.326 e. The van der Waals surface area contributed by atoms with Gasteiger partial charge in [0.25, 0.3) is 0 Å². The Bertz CT molecular complexity index is 499. The first-order valence-corrected chi connectivity index (χ1v) is 9.40. The van der Waals surface area contributed by atoms with Crippen molar-refractivity contribution in [2.24, 2.45) is 5.92 Å². The highest BCUT2D eigenvalue weighted by Gasteiger charge is 2.42. The fraction of sp³-hybridized carbons (Fsp3) is 0.833. The van der Waals surface area contributed by atoms with E-state index in [1.807, 2.05) is 4.90 Å². The predicted molar refractivity (Wildman–Crippen MR) is 88.3 cm³/mol. The number of carbonyl (C=O) groups is 3. The molecule has 1 N–H and O–H groups in total. The molecule has 2 saturated heterocycles. The lowest BCUT2D eigenvalue weighted by Gasteiger charge is -2.35. The molecule has 2 amide bonds. The third-order valence-corrected chi connectivity index (χ3v) is 5.84. The van der Waals surface area contributed by atoms with E-state index in [1.54, 1.807) is 0 Å². The number of rotatable bonds is 3. The minimum absolute atomic E-state index is 0.0733. The van der Waals surface area contributed by atoms with Crippen molar-refractivity contribution >= 4 is 17.8 Å². The third kappa shape index (κ3) is 3.57. The molecular formula is C18H28N2O4. The van der Waals surface area contributed by atoms with Gasteiger partial charge < -0.3 is 14.9 Å². The number of likely N-dealkylation sites (tertiary alicyclic amines) is 2. The summed E-state index contributed by atoms with van der Waals surface area (Å²) in [5.41, 5.74) is 0. The van der Waals surface area contributed by atoms with Crippen molar-refractivity contribution in [3.63, 3.8) is 0 Å². The molecule has 3 rings (SSSR count). The van der Waals surface area contributed by atoms with Crippen LogP contribution < -0.4 is 0 Å². The number of piperidine rings is 1. The second kappa shape index (κ2) is 7.53. The maximum absolute atomic E-state index is 12.8. The Kier molecular flexibility index (Phi) is 5.41. The van der Waals surface area contributed by atoms with Gasteiger partial charge in [-0.25, -0.2) is 4.79 Å². The van der Waals surface area contributed by atoms with Gasteiger partial charge in [0.15, 0.2) is 0 Å². The number of hydrogen-bond acceptors (Lipinski definition) is 3. The Labute approximate surface area is 143 Å². The number of nitrogens with zero attached hydrogens (tertiary/aromatic N) is 2. The van der Waals surface area contributed by atoms with E-state index in [-0.39, 0.29) is 30.2 Å². The number of carboxylic acid groups (broad SMARTS) is 1. The Hall–Kier alpha value is -1.59. The summed E-state index contributed by atoms with van der Waals surface area (Å²) in [5, 5.41) is 9.37. The van der Waals surface area contributed by atoms with E-state index in [1.165, 1.54) is 17.7 Å². The van der Waals surface area contributed by atoms with Gasteiger partial charge in [0, 0.05) is 25.6 Å². The SMILES string of the molecule is O=C(O)C1CCCCN1C(=O)C1CC(=O)N(C2CCCCCC2)C1. The van der Waals surface area contributed by atoms with Crippen molar-refractivity contribution in [2.75, 3.05) is 13.1 Å². The fourth-order valence-corrected chi connectivity index (χ4v) is 4.51. The molecule has 134 valence electrons. The lowest BCUT2D eigenvalue weighted by atomic mass is 9.98. The number of carbonyl (C=O) groups excluding carboxylic acids is 2. The molecule has 2 heterocycles. The van der Waals surface area contributed by atoms with E-state index in [9.17, 15) is 19.5 Å². The van der Waals surface area contributed by atoms with Crippen LogP contribution in [-0.4, -0.2) is 57.9 Å². The fourth-order valence-electron chi connectivity index (χ4n) is 4.51. The zero-order valence-electron chi connectivity index (χ0n) is 14.3. The molecule has 3 aliphatic rings. The molecule has 0 radical (unpaired) electrons. The van der Waals surface area contributed by atoms with Gasteiger partial charge in [-0.2, -0.15) is 0 Å². The highest BCUT2D eigenvalue weighted by atomic mass is 16.4. The highest BCUT2D eigenvalue weighted by Crippen LogP contribution is 2.30. The van der Waals surface area contributed by atoms with Crippen LogP contribution in [0.25, 0.3) is 0 Å². The molecule has 0 bridgehead atoms. The first-order chi connectivity index (χ1) is 11.6. The Morgan fingerprint density at radius 2 is 1.62 bits per heavy atom. The minimum Gasteiger partial charge on any atom is -0.480 e. The van der Waals surface area contributed by atoms with Crippen molar-refractivity contribution in [3.8, 4) is 0 Å². The van der Waals surface area contributed by atoms with Crippen LogP contribution in [0.2, 0.25) is 0 Å². The van der Waals surface area contributed by atoms with Gasteiger partial charge in [-0.1, -0.05) is 25.7 Å². The second-order valence-electron chi connectivity index (χ2n) is 7.47. The smallest absolute Gasteiger partial charge is 0.326 e. The van der Waals surface area contributed by atoms with Crippen molar-refractivity contribution in [3.05, 3.63) is 0 Å². The van der Waals surface area contributed by atoms with E-state index >= 15 is 0 Å². The summed E-state index contributed by atoms with van der Waals surface area (Å²) in [7, 11) is 0. The average Bonchev–Trinajstić information content (AvgIpc) is 2.80. The van der Waals surface area contributed by atoms with E-state index in [0.717, 1.165) is 38.5 Å². The Balaban J connectivity index is 1.65. The first-order valence-electron chi connectivity index (χ1n) is 9.40. The van der Waals surface area contributed by atoms with Gasteiger partial charge in [-0.15, -0.1) is 0 Å². The average molecular weight is 336 g/mol. The summed E-state index contributed by atoms with van der Waals surface area (Å²) in [6.07, 6.45) is 9.31. The van der Waals surface area contributed by atoms with E-state index in [0.29, 0.717) is 19.5 Å². The van der Waals surface area contributed by atoms with Gasteiger partial charge in [0.2, 0.25) is 11.8 Å². The molecule has 0 aromatic heterocycles. The van der Waals surface area contributed by atoms with Gasteiger partial charge in [-0.3, -0.25) is 9.59 Å². The van der Waals surface area contributed by atoms with Crippen LogP contribution >= 0.6 is 0 Å². The van der Waals surface area contributed by atoms with Crippen LogP contribution in [0.3, 0.4) is 0 Å². The second-order valence-corrected chi connectivity index (χ2v) is 7.47. The molecule has 0 aromatic rings. The van der Waals surface area contributed by atoms with Crippen LogP contribution in [-0.2, 0) is 14.4 Å². The van der Waals surface area contributed by atoms with E-state index in [2.05, 4.69) is 0 Å². The largest absolute Gasteiger partial charge is 0.480 e. The molecule has 6 heteroatoms. The monoisotopic (exact) mass is 336 g/mol. The molecule has 6 nitrogen and oxygen atoms in total. The summed E-state index contributed by atoms with van der Waals surface area (Å²) in [5.74, 6) is -1.34. The third-order valence-electron chi connectivity index (χ3n) is 5.84. The molecule has 0 aromatic carbocycles. The summed E-state index contributed by atoms with van der Waals surface area (Å²) in [6, 6.07) is -0.442. The summed E-state index contributed by atoms with van der Waals surface area (Å²) in [6.45, 7) is 0.981.